The molecule has 0 saturated carbocycles. The van der Waals surface area contributed by atoms with Crippen molar-refractivity contribution in [1.29, 1.82) is 0 Å². The quantitative estimate of drug-likeness (QED) is 0.720. The van der Waals surface area contributed by atoms with Crippen LogP contribution in [0.15, 0.2) is 46.3 Å². The molecule has 2 rings (SSSR count). The molecule has 0 amide bonds. The highest BCUT2D eigenvalue weighted by Crippen LogP contribution is 2.23. The van der Waals surface area contributed by atoms with Gasteiger partial charge in [0.15, 0.2) is 0 Å². The molecular weight excluding hydrogens is 346 g/mol. The first-order valence-corrected chi connectivity index (χ1v) is 8.73. The second-order valence-corrected chi connectivity index (χ2v) is 8.50. The van der Waals surface area contributed by atoms with Crippen LogP contribution in [-0.4, -0.2) is 13.2 Å². The predicted molar refractivity (Wildman–Crippen MR) is 93.6 cm³/mol. The minimum atomic E-state index is 0.128. The molecule has 0 unspecified atom stereocenters. The van der Waals surface area contributed by atoms with Crippen molar-refractivity contribution >= 4 is 27.3 Å². The summed E-state index contributed by atoms with van der Waals surface area (Å²) in [6.07, 6.45) is 0. The predicted octanol–water partition coefficient (Wildman–Crippen LogP) is 4.84. The Balaban J connectivity index is 1.66. The van der Waals surface area contributed by atoms with Crippen molar-refractivity contribution in [2.75, 3.05) is 13.2 Å². The summed E-state index contributed by atoms with van der Waals surface area (Å²) in [5, 5.41) is 3.51. The van der Waals surface area contributed by atoms with Crippen LogP contribution in [0.4, 0.5) is 0 Å². The number of nitrogens with one attached hydrogen (secondary N) is 1. The summed E-state index contributed by atoms with van der Waals surface area (Å²) < 4.78 is 7.01. The Labute approximate surface area is 139 Å². The van der Waals surface area contributed by atoms with E-state index in [-0.39, 0.29) is 5.41 Å². The minimum Gasteiger partial charge on any atom is -0.375 e. The van der Waals surface area contributed by atoms with Crippen molar-refractivity contribution in [3.05, 3.63) is 56.7 Å². The Morgan fingerprint density at radius 1 is 1.14 bits per heavy atom. The van der Waals surface area contributed by atoms with E-state index in [9.17, 15) is 0 Å². The largest absolute Gasteiger partial charge is 0.375 e. The second kappa shape index (κ2) is 8.08. The normalized spacial score (nSPS) is 11.8. The maximum atomic E-state index is 5.85. The van der Waals surface area contributed by atoms with Crippen LogP contribution in [-0.2, 0) is 17.9 Å². The molecule has 0 radical (unpaired) electrons. The third-order valence-electron chi connectivity index (χ3n) is 3.14. The number of rotatable bonds is 8. The fraction of sp³-hybridized carbons (Fsp3) is 0.412. The number of benzene rings is 1. The van der Waals surface area contributed by atoms with Gasteiger partial charge in [0.05, 0.1) is 17.0 Å². The number of hydrogen-bond donors (Lipinski definition) is 1. The van der Waals surface area contributed by atoms with Crippen LogP contribution in [0.2, 0.25) is 0 Å². The lowest BCUT2D eigenvalue weighted by Crippen LogP contribution is -2.32. The molecule has 4 heteroatoms. The first kappa shape index (κ1) is 16.7. The van der Waals surface area contributed by atoms with Crippen molar-refractivity contribution in [1.82, 2.24) is 5.32 Å². The molecule has 0 atom stereocenters. The third kappa shape index (κ3) is 6.30. The summed E-state index contributed by atoms with van der Waals surface area (Å²) >= 11 is 5.20. The lowest BCUT2D eigenvalue weighted by Gasteiger charge is -2.24. The topological polar surface area (TPSA) is 21.3 Å². The van der Waals surface area contributed by atoms with Gasteiger partial charge >= 0.3 is 0 Å². The van der Waals surface area contributed by atoms with E-state index < -0.39 is 0 Å². The lowest BCUT2D eigenvalue weighted by atomic mass is 9.95. The van der Waals surface area contributed by atoms with Crippen LogP contribution >= 0.6 is 27.3 Å². The summed E-state index contributed by atoms with van der Waals surface area (Å²) in [5.41, 5.74) is 1.45. The van der Waals surface area contributed by atoms with Crippen molar-refractivity contribution in [2.45, 2.75) is 27.0 Å². The standard InChI is InChI=1S/C17H22BrNOS/c1-17(2,12-19-10-14-6-4-3-5-7-14)13-20-11-15-8-9-16(18)21-15/h3-9,19H,10-13H2,1-2H3. The molecule has 0 aliphatic carbocycles. The molecular formula is C17H22BrNOS. The minimum absolute atomic E-state index is 0.128. The molecule has 0 fully saturated rings. The fourth-order valence-electron chi connectivity index (χ4n) is 2.05. The Morgan fingerprint density at radius 3 is 2.57 bits per heavy atom. The van der Waals surface area contributed by atoms with E-state index in [1.54, 1.807) is 11.3 Å². The van der Waals surface area contributed by atoms with Gasteiger partial charge in [0, 0.05) is 23.4 Å². The van der Waals surface area contributed by atoms with Crippen molar-refractivity contribution in [2.24, 2.45) is 5.41 Å². The Bertz CT molecular complexity index is 539. The second-order valence-electron chi connectivity index (χ2n) is 5.95. The van der Waals surface area contributed by atoms with E-state index >= 15 is 0 Å². The van der Waals surface area contributed by atoms with Crippen LogP contribution in [0.5, 0.6) is 0 Å². The monoisotopic (exact) mass is 367 g/mol. The van der Waals surface area contributed by atoms with Crippen LogP contribution in [0.1, 0.15) is 24.3 Å². The van der Waals surface area contributed by atoms with Gasteiger partial charge in [-0.2, -0.15) is 0 Å². The molecule has 0 aliphatic heterocycles. The number of halogens is 1. The zero-order valence-electron chi connectivity index (χ0n) is 12.6. The number of ether oxygens (including phenoxy) is 1. The van der Waals surface area contributed by atoms with E-state index in [0.29, 0.717) is 6.61 Å². The molecule has 1 N–H and O–H groups in total. The average molecular weight is 368 g/mol. The van der Waals surface area contributed by atoms with Gasteiger partial charge < -0.3 is 10.1 Å². The van der Waals surface area contributed by atoms with Gasteiger partial charge in [0.1, 0.15) is 0 Å². The maximum Gasteiger partial charge on any atom is 0.0810 e. The number of thiophene rings is 1. The average Bonchev–Trinajstić information content (AvgIpc) is 2.85. The highest BCUT2D eigenvalue weighted by molar-refractivity contribution is 9.11. The maximum absolute atomic E-state index is 5.85. The molecule has 1 aromatic carbocycles. The van der Waals surface area contributed by atoms with Crippen molar-refractivity contribution in [3.8, 4) is 0 Å². The highest BCUT2D eigenvalue weighted by Gasteiger charge is 2.17. The van der Waals surface area contributed by atoms with Crippen LogP contribution < -0.4 is 5.32 Å². The van der Waals surface area contributed by atoms with Gasteiger partial charge in [-0.05, 0) is 33.6 Å². The summed E-state index contributed by atoms with van der Waals surface area (Å²) in [4.78, 5) is 1.26. The van der Waals surface area contributed by atoms with Crippen LogP contribution in [0.3, 0.4) is 0 Å². The Hall–Kier alpha value is -0.680. The van der Waals surface area contributed by atoms with Gasteiger partial charge in [-0.25, -0.2) is 0 Å². The van der Waals surface area contributed by atoms with Crippen molar-refractivity contribution < 1.29 is 4.74 Å². The summed E-state index contributed by atoms with van der Waals surface area (Å²) in [6, 6.07) is 14.7. The Kier molecular flexibility index (Phi) is 6.42. The van der Waals surface area contributed by atoms with Crippen LogP contribution in [0.25, 0.3) is 0 Å². The van der Waals surface area contributed by atoms with E-state index in [1.807, 2.05) is 6.07 Å². The van der Waals surface area contributed by atoms with Gasteiger partial charge in [-0.3, -0.25) is 0 Å². The highest BCUT2D eigenvalue weighted by atomic mass is 79.9. The molecule has 1 aromatic heterocycles. The zero-order valence-corrected chi connectivity index (χ0v) is 15.0. The summed E-state index contributed by atoms with van der Waals surface area (Å²) in [6.45, 7) is 7.76. The molecule has 2 aromatic rings. The van der Waals surface area contributed by atoms with Crippen LogP contribution in [0, 0.1) is 5.41 Å². The summed E-state index contributed by atoms with van der Waals surface area (Å²) in [5.74, 6) is 0. The molecule has 0 aliphatic rings. The zero-order chi connectivity index (χ0) is 15.1. The molecule has 0 bridgehead atoms. The molecule has 0 saturated heterocycles. The molecule has 0 spiro atoms. The fourth-order valence-corrected chi connectivity index (χ4v) is 3.47. The lowest BCUT2D eigenvalue weighted by molar-refractivity contribution is 0.0525. The van der Waals surface area contributed by atoms with Gasteiger partial charge in [0.25, 0.3) is 0 Å². The molecule has 2 nitrogen and oxygen atoms in total. The first-order valence-electron chi connectivity index (χ1n) is 7.12. The van der Waals surface area contributed by atoms with E-state index in [1.165, 1.54) is 10.4 Å². The number of hydrogen-bond acceptors (Lipinski definition) is 3. The molecule has 21 heavy (non-hydrogen) atoms. The smallest absolute Gasteiger partial charge is 0.0810 e. The molecule has 114 valence electrons. The van der Waals surface area contributed by atoms with Crippen molar-refractivity contribution in [3.63, 3.8) is 0 Å². The van der Waals surface area contributed by atoms with E-state index in [2.05, 4.69) is 71.5 Å². The molecule has 1 heterocycles. The first-order chi connectivity index (χ1) is 10.1. The van der Waals surface area contributed by atoms with Gasteiger partial charge in [0.2, 0.25) is 0 Å². The Morgan fingerprint density at radius 2 is 1.90 bits per heavy atom. The SMILES string of the molecule is CC(C)(CNCc1ccccc1)COCc1ccc(Br)s1. The van der Waals surface area contributed by atoms with Gasteiger partial charge in [-0.1, -0.05) is 44.2 Å². The van der Waals surface area contributed by atoms with E-state index in [0.717, 1.165) is 23.5 Å². The third-order valence-corrected chi connectivity index (χ3v) is 4.74. The summed E-state index contributed by atoms with van der Waals surface area (Å²) in [7, 11) is 0. The van der Waals surface area contributed by atoms with Gasteiger partial charge in [-0.15, -0.1) is 11.3 Å². The van der Waals surface area contributed by atoms with E-state index in [4.69, 9.17) is 4.74 Å².